The molecule has 37 heavy (non-hydrogen) atoms. The number of esters is 2. The van der Waals surface area contributed by atoms with E-state index in [-0.39, 0.29) is 43.0 Å². The minimum Gasteiger partial charge on any atom is -0.469 e. The van der Waals surface area contributed by atoms with Crippen LogP contribution in [0.5, 0.6) is 0 Å². The fraction of sp³-hybridized carbons (Fsp3) is 0.643. The first-order valence-electron chi connectivity index (χ1n) is 13.1. The van der Waals surface area contributed by atoms with Crippen LogP contribution in [-0.4, -0.2) is 66.4 Å². The summed E-state index contributed by atoms with van der Waals surface area (Å²) in [5, 5.41) is 0. The Hall–Kier alpha value is -2.94. The van der Waals surface area contributed by atoms with Crippen molar-refractivity contribution < 1.29 is 28.7 Å². The van der Waals surface area contributed by atoms with E-state index in [2.05, 4.69) is 16.4 Å². The number of nitrogens with zero attached hydrogens (tertiary/aromatic N) is 2. The molecule has 0 radical (unpaired) electrons. The standard InChI is InChI=1S/C28H45N3O6/c1-6-8-18-30(24(32)13-15-26(34)36-4)20-22-9-11-23(12-10-22)21-31(19-17-28(3,29)7-2)25(33)14-16-27(35)37-5/h9-12H,6-8,13-21,29H2,1-5H3. The normalized spacial score (nSPS) is 12.4. The lowest BCUT2D eigenvalue weighted by molar-refractivity contribution is -0.144. The quantitative estimate of drug-likeness (QED) is 0.313. The maximum absolute atomic E-state index is 12.9. The molecule has 2 amide bonds. The van der Waals surface area contributed by atoms with E-state index in [0.29, 0.717) is 32.6 Å². The van der Waals surface area contributed by atoms with Crippen LogP contribution in [0, 0.1) is 0 Å². The summed E-state index contributed by atoms with van der Waals surface area (Å²) < 4.78 is 9.32. The average Bonchev–Trinajstić information content (AvgIpc) is 2.90. The SMILES string of the molecule is CCCCN(Cc1ccc(CN(CCC(C)(N)CC)C(=O)CCC(=O)OC)cc1)C(=O)CCC(=O)OC. The van der Waals surface area contributed by atoms with E-state index in [1.807, 2.05) is 38.1 Å². The number of methoxy groups -OCH3 is 2. The lowest BCUT2D eigenvalue weighted by Crippen LogP contribution is -2.41. The van der Waals surface area contributed by atoms with Crippen LogP contribution in [0.4, 0.5) is 0 Å². The van der Waals surface area contributed by atoms with Crippen LogP contribution in [0.3, 0.4) is 0 Å². The summed E-state index contributed by atoms with van der Waals surface area (Å²) in [5.74, 6) is -1.01. The molecule has 0 aliphatic rings. The van der Waals surface area contributed by atoms with Crippen molar-refractivity contribution in [3.05, 3.63) is 35.4 Å². The summed E-state index contributed by atoms with van der Waals surface area (Å²) in [6, 6.07) is 7.82. The second kappa shape index (κ2) is 16.7. The molecule has 0 spiro atoms. The number of ether oxygens (including phenoxy) is 2. The Labute approximate surface area is 221 Å². The number of rotatable bonds is 17. The van der Waals surface area contributed by atoms with Gasteiger partial charge in [0.05, 0.1) is 27.1 Å². The molecule has 0 saturated carbocycles. The van der Waals surface area contributed by atoms with Crippen LogP contribution in [0.15, 0.2) is 24.3 Å². The van der Waals surface area contributed by atoms with E-state index in [9.17, 15) is 19.2 Å². The number of carbonyl (C=O) groups is 4. The Morgan fingerprint density at radius 3 is 1.59 bits per heavy atom. The molecule has 1 aromatic carbocycles. The third-order valence-electron chi connectivity index (χ3n) is 6.56. The van der Waals surface area contributed by atoms with Gasteiger partial charge in [-0.2, -0.15) is 0 Å². The van der Waals surface area contributed by atoms with Crippen molar-refractivity contribution in [3.8, 4) is 0 Å². The molecule has 2 N–H and O–H groups in total. The second-order valence-corrected chi connectivity index (χ2v) is 9.71. The van der Waals surface area contributed by atoms with Gasteiger partial charge < -0.3 is 25.0 Å². The zero-order chi connectivity index (χ0) is 27.8. The smallest absolute Gasteiger partial charge is 0.306 e. The van der Waals surface area contributed by atoms with Crippen molar-refractivity contribution in [3.63, 3.8) is 0 Å². The van der Waals surface area contributed by atoms with Gasteiger partial charge >= 0.3 is 11.9 Å². The van der Waals surface area contributed by atoms with Gasteiger partial charge in [-0.15, -0.1) is 0 Å². The van der Waals surface area contributed by atoms with E-state index >= 15 is 0 Å². The van der Waals surface area contributed by atoms with E-state index in [0.717, 1.165) is 30.4 Å². The van der Waals surface area contributed by atoms with Gasteiger partial charge in [-0.3, -0.25) is 19.2 Å². The van der Waals surface area contributed by atoms with Gasteiger partial charge in [0.15, 0.2) is 0 Å². The van der Waals surface area contributed by atoms with Crippen molar-refractivity contribution in [2.75, 3.05) is 27.3 Å². The van der Waals surface area contributed by atoms with Gasteiger partial charge in [0, 0.05) is 44.6 Å². The molecule has 9 heteroatoms. The summed E-state index contributed by atoms with van der Waals surface area (Å²) in [6.07, 6.45) is 3.58. The van der Waals surface area contributed by atoms with Crippen LogP contribution >= 0.6 is 0 Å². The van der Waals surface area contributed by atoms with Gasteiger partial charge in [-0.05, 0) is 37.3 Å². The molecule has 9 nitrogen and oxygen atoms in total. The maximum Gasteiger partial charge on any atom is 0.306 e. The molecule has 1 rings (SSSR count). The van der Waals surface area contributed by atoms with Crippen LogP contribution in [0.25, 0.3) is 0 Å². The predicted octanol–water partition coefficient (Wildman–Crippen LogP) is 3.57. The molecule has 0 fully saturated rings. The van der Waals surface area contributed by atoms with Crippen molar-refractivity contribution in [1.82, 2.24) is 9.80 Å². The molecule has 0 heterocycles. The van der Waals surface area contributed by atoms with Crippen LogP contribution < -0.4 is 5.73 Å². The highest BCUT2D eigenvalue weighted by molar-refractivity contribution is 5.82. The first kappa shape index (κ1) is 32.1. The Balaban J connectivity index is 2.90. The van der Waals surface area contributed by atoms with Crippen LogP contribution in [0.1, 0.15) is 83.3 Å². The number of hydrogen-bond acceptors (Lipinski definition) is 7. The molecule has 0 aromatic heterocycles. The zero-order valence-corrected chi connectivity index (χ0v) is 23.2. The molecular formula is C28H45N3O6. The third kappa shape index (κ3) is 12.7. The number of carbonyl (C=O) groups excluding carboxylic acids is 4. The Morgan fingerprint density at radius 1 is 0.784 bits per heavy atom. The fourth-order valence-corrected chi connectivity index (χ4v) is 3.63. The van der Waals surface area contributed by atoms with Gasteiger partial charge in [-0.25, -0.2) is 0 Å². The predicted molar refractivity (Wildman–Crippen MR) is 142 cm³/mol. The van der Waals surface area contributed by atoms with Gasteiger partial charge in [0.1, 0.15) is 0 Å². The van der Waals surface area contributed by atoms with E-state index in [1.165, 1.54) is 14.2 Å². The van der Waals surface area contributed by atoms with E-state index in [4.69, 9.17) is 5.73 Å². The molecule has 0 saturated heterocycles. The molecule has 1 unspecified atom stereocenters. The van der Waals surface area contributed by atoms with Crippen LogP contribution in [0.2, 0.25) is 0 Å². The Bertz CT molecular complexity index is 869. The molecule has 208 valence electrons. The van der Waals surface area contributed by atoms with Crippen molar-refractivity contribution in [2.45, 2.75) is 90.8 Å². The van der Waals surface area contributed by atoms with Crippen LogP contribution in [-0.2, 0) is 41.7 Å². The summed E-state index contributed by atoms with van der Waals surface area (Å²) in [7, 11) is 2.62. The van der Waals surface area contributed by atoms with Gasteiger partial charge in [0.2, 0.25) is 11.8 Å². The molecular weight excluding hydrogens is 474 g/mol. The Morgan fingerprint density at radius 2 is 1.22 bits per heavy atom. The highest BCUT2D eigenvalue weighted by Gasteiger charge is 2.21. The molecule has 1 aromatic rings. The second-order valence-electron chi connectivity index (χ2n) is 9.71. The largest absolute Gasteiger partial charge is 0.469 e. The molecule has 0 bridgehead atoms. The van der Waals surface area contributed by atoms with Gasteiger partial charge in [-0.1, -0.05) is 44.5 Å². The monoisotopic (exact) mass is 519 g/mol. The zero-order valence-electron chi connectivity index (χ0n) is 23.2. The fourth-order valence-electron chi connectivity index (χ4n) is 3.63. The number of amides is 2. The average molecular weight is 520 g/mol. The molecule has 0 aliphatic heterocycles. The number of benzene rings is 1. The lowest BCUT2D eigenvalue weighted by atomic mass is 9.95. The lowest BCUT2D eigenvalue weighted by Gasteiger charge is -2.29. The summed E-state index contributed by atoms with van der Waals surface area (Å²) >= 11 is 0. The highest BCUT2D eigenvalue weighted by Crippen LogP contribution is 2.16. The number of nitrogens with two attached hydrogens (primary N) is 1. The highest BCUT2D eigenvalue weighted by atomic mass is 16.5. The first-order valence-corrected chi connectivity index (χ1v) is 13.1. The minimum atomic E-state index is -0.413. The summed E-state index contributed by atoms with van der Waals surface area (Å²) in [6.45, 7) is 8.01. The topological polar surface area (TPSA) is 119 Å². The summed E-state index contributed by atoms with van der Waals surface area (Å²) in [5.41, 5.74) is 7.84. The van der Waals surface area contributed by atoms with Crippen molar-refractivity contribution in [2.24, 2.45) is 5.73 Å². The van der Waals surface area contributed by atoms with Crippen molar-refractivity contribution >= 4 is 23.8 Å². The minimum absolute atomic E-state index is 0.0377. The maximum atomic E-state index is 12.9. The number of hydrogen-bond donors (Lipinski definition) is 1. The third-order valence-corrected chi connectivity index (χ3v) is 6.56. The van der Waals surface area contributed by atoms with E-state index in [1.54, 1.807) is 9.80 Å². The Kier molecular flexibility index (Phi) is 14.5. The molecule has 0 aliphatic carbocycles. The first-order chi connectivity index (χ1) is 17.5. The summed E-state index contributed by atoms with van der Waals surface area (Å²) in [4.78, 5) is 52.1. The van der Waals surface area contributed by atoms with Crippen molar-refractivity contribution in [1.29, 1.82) is 0 Å². The molecule has 1 atom stereocenters. The number of unbranched alkanes of at least 4 members (excludes halogenated alkanes) is 1. The van der Waals surface area contributed by atoms with E-state index < -0.39 is 11.9 Å². The van der Waals surface area contributed by atoms with Gasteiger partial charge in [0.25, 0.3) is 0 Å².